The van der Waals surface area contributed by atoms with Crippen molar-refractivity contribution in [3.63, 3.8) is 0 Å². The summed E-state index contributed by atoms with van der Waals surface area (Å²) in [6, 6.07) is -0.220. The van der Waals surface area contributed by atoms with Crippen LogP contribution in [-0.2, 0) is 11.3 Å². The van der Waals surface area contributed by atoms with Crippen molar-refractivity contribution < 1.29 is 14.7 Å². The molecule has 0 aliphatic carbocycles. The van der Waals surface area contributed by atoms with Crippen molar-refractivity contribution in [2.24, 2.45) is 5.92 Å². The van der Waals surface area contributed by atoms with Gasteiger partial charge >= 0.3 is 12.0 Å². The van der Waals surface area contributed by atoms with Gasteiger partial charge in [-0.05, 0) is 12.8 Å². The standard InChI is InChI=1S/C11H16N4O3/c16-10(17)9-2-1-3-15(7-9)11(18)12-4-8-5-13-14-6-8/h5-6,9H,1-4,7H2,(H,12,18)(H,13,14)(H,16,17). The Labute approximate surface area is 104 Å². The molecule has 1 fully saturated rings. The second kappa shape index (κ2) is 5.52. The predicted molar refractivity (Wildman–Crippen MR) is 62.8 cm³/mol. The number of likely N-dealkylation sites (tertiary alicyclic amines) is 1. The van der Waals surface area contributed by atoms with Gasteiger partial charge in [0.1, 0.15) is 0 Å². The van der Waals surface area contributed by atoms with E-state index in [1.165, 1.54) is 0 Å². The monoisotopic (exact) mass is 252 g/mol. The first kappa shape index (κ1) is 12.4. The number of carbonyl (C=O) groups is 2. The Bertz CT molecular complexity index is 418. The summed E-state index contributed by atoms with van der Waals surface area (Å²) in [6.07, 6.45) is 4.71. The van der Waals surface area contributed by atoms with E-state index in [1.54, 1.807) is 17.3 Å². The van der Waals surface area contributed by atoms with Gasteiger partial charge in [0.15, 0.2) is 0 Å². The van der Waals surface area contributed by atoms with E-state index in [-0.39, 0.29) is 12.6 Å². The first-order valence-corrected chi connectivity index (χ1v) is 5.90. The highest BCUT2D eigenvalue weighted by Gasteiger charge is 2.27. The molecule has 18 heavy (non-hydrogen) atoms. The third-order valence-electron chi connectivity index (χ3n) is 3.06. The van der Waals surface area contributed by atoms with Crippen LogP contribution in [0.2, 0.25) is 0 Å². The second-order valence-electron chi connectivity index (χ2n) is 4.39. The minimum Gasteiger partial charge on any atom is -0.481 e. The fourth-order valence-corrected chi connectivity index (χ4v) is 2.03. The average molecular weight is 252 g/mol. The Balaban J connectivity index is 1.83. The molecule has 2 amide bonds. The van der Waals surface area contributed by atoms with E-state index < -0.39 is 11.9 Å². The summed E-state index contributed by atoms with van der Waals surface area (Å²) >= 11 is 0. The molecule has 7 heteroatoms. The normalized spacial score (nSPS) is 19.6. The zero-order chi connectivity index (χ0) is 13.0. The van der Waals surface area contributed by atoms with Crippen molar-refractivity contribution in [3.8, 4) is 0 Å². The smallest absolute Gasteiger partial charge is 0.317 e. The number of aliphatic carboxylic acids is 1. The summed E-state index contributed by atoms with van der Waals surface area (Å²) in [6.45, 7) is 1.29. The molecular formula is C11H16N4O3. The number of hydrogen-bond acceptors (Lipinski definition) is 3. The summed E-state index contributed by atoms with van der Waals surface area (Å²) < 4.78 is 0. The minimum absolute atomic E-state index is 0.220. The molecule has 7 nitrogen and oxygen atoms in total. The lowest BCUT2D eigenvalue weighted by Gasteiger charge is -2.30. The van der Waals surface area contributed by atoms with Crippen molar-refractivity contribution >= 4 is 12.0 Å². The fourth-order valence-electron chi connectivity index (χ4n) is 2.03. The molecule has 0 radical (unpaired) electrons. The molecule has 1 saturated heterocycles. The van der Waals surface area contributed by atoms with Gasteiger partial charge in [-0.15, -0.1) is 0 Å². The summed E-state index contributed by atoms with van der Waals surface area (Å²) in [4.78, 5) is 24.3. The molecule has 0 saturated carbocycles. The second-order valence-corrected chi connectivity index (χ2v) is 4.39. The molecular weight excluding hydrogens is 236 g/mol. The van der Waals surface area contributed by atoms with E-state index in [0.717, 1.165) is 12.0 Å². The molecule has 1 aliphatic heterocycles. The summed E-state index contributed by atoms with van der Waals surface area (Å²) in [5.41, 5.74) is 0.884. The molecule has 0 aromatic carbocycles. The van der Waals surface area contributed by atoms with Gasteiger partial charge in [0, 0.05) is 31.4 Å². The Morgan fingerprint density at radius 3 is 3.11 bits per heavy atom. The van der Waals surface area contributed by atoms with E-state index in [4.69, 9.17) is 5.11 Å². The number of urea groups is 1. The molecule has 1 atom stereocenters. The lowest BCUT2D eigenvalue weighted by Crippen LogP contribution is -2.46. The third kappa shape index (κ3) is 2.99. The molecule has 0 bridgehead atoms. The largest absolute Gasteiger partial charge is 0.481 e. The molecule has 2 heterocycles. The average Bonchev–Trinajstić information content (AvgIpc) is 2.89. The van der Waals surface area contributed by atoms with Crippen LogP contribution < -0.4 is 5.32 Å². The van der Waals surface area contributed by atoms with Crippen molar-refractivity contribution in [3.05, 3.63) is 18.0 Å². The summed E-state index contributed by atoms with van der Waals surface area (Å²) in [5, 5.41) is 18.1. The molecule has 2 rings (SSSR count). The van der Waals surface area contributed by atoms with Crippen LogP contribution in [-0.4, -0.2) is 45.3 Å². The molecule has 3 N–H and O–H groups in total. The van der Waals surface area contributed by atoms with E-state index in [2.05, 4.69) is 15.5 Å². The molecule has 0 spiro atoms. The lowest BCUT2D eigenvalue weighted by atomic mass is 9.99. The molecule has 1 aromatic heterocycles. The highest BCUT2D eigenvalue weighted by Crippen LogP contribution is 2.16. The van der Waals surface area contributed by atoms with Crippen LogP contribution in [0.5, 0.6) is 0 Å². The number of nitrogens with zero attached hydrogens (tertiary/aromatic N) is 2. The van der Waals surface area contributed by atoms with E-state index in [0.29, 0.717) is 19.5 Å². The van der Waals surface area contributed by atoms with Gasteiger partial charge in [-0.1, -0.05) is 0 Å². The van der Waals surface area contributed by atoms with Crippen molar-refractivity contribution in [2.45, 2.75) is 19.4 Å². The van der Waals surface area contributed by atoms with Crippen molar-refractivity contribution in [1.82, 2.24) is 20.4 Å². The van der Waals surface area contributed by atoms with Crippen LogP contribution in [0.4, 0.5) is 4.79 Å². The molecule has 98 valence electrons. The quantitative estimate of drug-likeness (QED) is 0.725. The molecule has 1 aliphatic rings. The van der Waals surface area contributed by atoms with Gasteiger partial charge < -0.3 is 15.3 Å². The zero-order valence-electron chi connectivity index (χ0n) is 9.93. The third-order valence-corrected chi connectivity index (χ3v) is 3.06. The highest BCUT2D eigenvalue weighted by atomic mass is 16.4. The Kier molecular flexibility index (Phi) is 3.81. The number of carbonyl (C=O) groups excluding carboxylic acids is 1. The molecule has 1 unspecified atom stereocenters. The number of carboxylic acids is 1. The van der Waals surface area contributed by atoms with Crippen molar-refractivity contribution in [1.29, 1.82) is 0 Å². The van der Waals surface area contributed by atoms with Crippen LogP contribution in [0.3, 0.4) is 0 Å². The zero-order valence-corrected chi connectivity index (χ0v) is 9.93. The highest BCUT2D eigenvalue weighted by molar-refractivity contribution is 5.76. The topological polar surface area (TPSA) is 98.3 Å². The van der Waals surface area contributed by atoms with Crippen LogP contribution in [0, 0.1) is 5.92 Å². The maximum absolute atomic E-state index is 11.9. The summed E-state index contributed by atoms with van der Waals surface area (Å²) in [5.74, 6) is -1.28. The van der Waals surface area contributed by atoms with Gasteiger partial charge in [0.25, 0.3) is 0 Å². The van der Waals surface area contributed by atoms with E-state index in [9.17, 15) is 9.59 Å². The Morgan fingerprint density at radius 2 is 2.44 bits per heavy atom. The maximum Gasteiger partial charge on any atom is 0.317 e. The predicted octanol–water partition coefficient (Wildman–Crippen LogP) is 0.416. The van der Waals surface area contributed by atoms with E-state index >= 15 is 0 Å². The van der Waals surface area contributed by atoms with Crippen molar-refractivity contribution in [2.75, 3.05) is 13.1 Å². The number of piperidine rings is 1. The number of amides is 2. The number of aromatic amines is 1. The van der Waals surface area contributed by atoms with E-state index in [1.807, 2.05) is 0 Å². The summed E-state index contributed by atoms with van der Waals surface area (Å²) in [7, 11) is 0. The minimum atomic E-state index is -0.831. The number of rotatable bonds is 3. The first-order chi connectivity index (χ1) is 8.66. The number of H-pyrrole nitrogens is 1. The van der Waals surface area contributed by atoms with Crippen LogP contribution in [0.25, 0.3) is 0 Å². The SMILES string of the molecule is O=C(O)C1CCCN(C(=O)NCc2cn[nH]c2)C1. The van der Waals surface area contributed by atoms with Gasteiger partial charge in [-0.3, -0.25) is 9.89 Å². The first-order valence-electron chi connectivity index (χ1n) is 5.90. The number of aromatic nitrogens is 2. The van der Waals surface area contributed by atoms with Gasteiger partial charge in [-0.25, -0.2) is 4.79 Å². The maximum atomic E-state index is 11.9. The van der Waals surface area contributed by atoms with Gasteiger partial charge in [-0.2, -0.15) is 5.10 Å². The molecule has 1 aromatic rings. The number of carboxylic acid groups (broad SMARTS) is 1. The fraction of sp³-hybridized carbons (Fsp3) is 0.545. The Morgan fingerprint density at radius 1 is 1.61 bits per heavy atom. The van der Waals surface area contributed by atoms with Crippen LogP contribution >= 0.6 is 0 Å². The lowest BCUT2D eigenvalue weighted by molar-refractivity contribution is -0.143. The van der Waals surface area contributed by atoms with Gasteiger partial charge in [0.05, 0.1) is 12.1 Å². The van der Waals surface area contributed by atoms with Crippen LogP contribution in [0.1, 0.15) is 18.4 Å². The number of nitrogens with one attached hydrogen (secondary N) is 2. The Hall–Kier alpha value is -2.05. The number of hydrogen-bond donors (Lipinski definition) is 3. The van der Waals surface area contributed by atoms with Crippen LogP contribution in [0.15, 0.2) is 12.4 Å². The van der Waals surface area contributed by atoms with Gasteiger partial charge in [0.2, 0.25) is 0 Å².